The molecule has 0 unspecified atom stereocenters. The van der Waals surface area contributed by atoms with Gasteiger partial charge in [0, 0.05) is 33.0 Å². The van der Waals surface area contributed by atoms with Crippen molar-refractivity contribution in [3.8, 4) is 56.4 Å². The van der Waals surface area contributed by atoms with Crippen LogP contribution >= 0.6 is 0 Å². The van der Waals surface area contributed by atoms with E-state index in [-0.39, 0.29) is 0 Å². The van der Waals surface area contributed by atoms with Gasteiger partial charge >= 0.3 is 0 Å². The van der Waals surface area contributed by atoms with Gasteiger partial charge in [0.1, 0.15) is 11.2 Å². The molecule has 0 amide bonds. The lowest BCUT2D eigenvalue weighted by Crippen LogP contribution is -2.00. The van der Waals surface area contributed by atoms with Crippen molar-refractivity contribution in [1.29, 1.82) is 0 Å². The van der Waals surface area contributed by atoms with Crippen molar-refractivity contribution >= 4 is 54.3 Å². The Morgan fingerprint density at radius 3 is 1.69 bits per heavy atom. The van der Waals surface area contributed by atoms with Gasteiger partial charge in [-0.3, -0.25) is 0 Å². The summed E-state index contributed by atoms with van der Waals surface area (Å²) in [4.78, 5) is 15.5. The van der Waals surface area contributed by atoms with Gasteiger partial charge in [-0.25, -0.2) is 15.0 Å². The van der Waals surface area contributed by atoms with Crippen molar-refractivity contribution in [3.05, 3.63) is 188 Å². The van der Waals surface area contributed by atoms with Crippen molar-refractivity contribution in [2.75, 3.05) is 0 Å². The maximum atomic E-state index is 6.77. The molecule has 0 aliphatic heterocycles. The maximum Gasteiger partial charge on any atom is 0.164 e. The number of aromatic nitrogens is 3. The van der Waals surface area contributed by atoms with Gasteiger partial charge in [-0.2, -0.15) is 0 Å². The lowest BCUT2D eigenvalue weighted by molar-refractivity contribution is 0.670. The Labute approximate surface area is 317 Å². The first-order chi connectivity index (χ1) is 27.3. The summed E-state index contributed by atoms with van der Waals surface area (Å²) in [5.74, 6) is 1.83. The molecule has 2 aromatic heterocycles. The Morgan fingerprint density at radius 2 is 0.873 bits per heavy atom. The van der Waals surface area contributed by atoms with Crippen LogP contribution < -0.4 is 0 Å². The molecule has 0 spiro atoms. The average Bonchev–Trinajstić information content (AvgIpc) is 3.66. The highest BCUT2D eigenvalue weighted by Crippen LogP contribution is 2.43. The summed E-state index contributed by atoms with van der Waals surface area (Å²) in [6.45, 7) is 0. The van der Waals surface area contributed by atoms with Crippen LogP contribution in [-0.2, 0) is 0 Å². The summed E-state index contributed by atoms with van der Waals surface area (Å²) in [5, 5.41) is 9.23. The SMILES string of the molecule is c1ccc(-c2nc(-c3ccc4ccc5c6ccccc6ccc5c4c3)nc(-c3cccc4oc5c(-c6ccccc6-c6ccccc6)cccc5c34)n2)cc1. The minimum absolute atomic E-state index is 0.594. The molecule has 0 aliphatic rings. The van der Waals surface area contributed by atoms with Crippen LogP contribution in [0.4, 0.5) is 0 Å². The smallest absolute Gasteiger partial charge is 0.164 e. The van der Waals surface area contributed by atoms with E-state index in [1.807, 2.05) is 48.5 Å². The van der Waals surface area contributed by atoms with Gasteiger partial charge in [-0.15, -0.1) is 0 Å². The van der Waals surface area contributed by atoms with E-state index in [1.165, 1.54) is 26.9 Å². The minimum atomic E-state index is 0.594. The van der Waals surface area contributed by atoms with Crippen molar-refractivity contribution in [2.24, 2.45) is 0 Å². The van der Waals surface area contributed by atoms with E-state index in [0.717, 1.165) is 66.3 Å². The molecule has 0 N–H and O–H groups in total. The summed E-state index contributed by atoms with van der Waals surface area (Å²) in [6, 6.07) is 65.7. The van der Waals surface area contributed by atoms with Gasteiger partial charge in [0.2, 0.25) is 0 Å². The molecule has 4 heteroatoms. The summed E-state index contributed by atoms with van der Waals surface area (Å²) >= 11 is 0. The van der Waals surface area contributed by atoms with Crippen molar-refractivity contribution < 1.29 is 4.42 Å². The second-order valence-corrected chi connectivity index (χ2v) is 13.9. The zero-order valence-electron chi connectivity index (χ0n) is 29.6. The monoisotopic (exact) mass is 701 g/mol. The number of para-hydroxylation sites is 1. The first-order valence-electron chi connectivity index (χ1n) is 18.5. The Morgan fingerprint density at radius 1 is 0.309 bits per heavy atom. The third kappa shape index (κ3) is 5.19. The molecular weight excluding hydrogens is 671 g/mol. The third-order valence-corrected chi connectivity index (χ3v) is 10.7. The molecular formula is C51H31N3O. The molecule has 0 bridgehead atoms. The number of furan rings is 1. The van der Waals surface area contributed by atoms with E-state index in [0.29, 0.717) is 17.5 Å². The molecule has 0 saturated carbocycles. The van der Waals surface area contributed by atoms with Gasteiger partial charge in [0.25, 0.3) is 0 Å². The molecule has 9 aromatic carbocycles. The molecule has 55 heavy (non-hydrogen) atoms. The summed E-state index contributed by atoms with van der Waals surface area (Å²) < 4.78 is 6.77. The standard InChI is InChI=1S/C51H31N3O/c1-3-13-32(14-4-1)37-19-9-10-20-39(37)42-21-11-22-43-47-44(23-12-24-46(47)55-48(42)43)51-53-49(35-16-5-2-6-17-35)52-50(54-51)36-26-25-34-28-29-40-38-18-8-7-15-33(38)27-30-41(40)45(34)31-36/h1-31H. The number of fused-ring (bicyclic) bond motifs is 8. The molecule has 2 heterocycles. The van der Waals surface area contributed by atoms with Crippen LogP contribution in [0.2, 0.25) is 0 Å². The Bertz CT molecular complexity index is 3260. The molecule has 11 aromatic rings. The van der Waals surface area contributed by atoms with Crippen LogP contribution in [-0.4, -0.2) is 15.0 Å². The molecule has 0 aliphatic carbocycles. The van der Waals surface area contributed by atoms with E-state index in [2.05, 4.69) is 140 Å². The quantitative estimate of drug-likeness (QED) is 0.168. The Kier molecular flexibility index (Phi) is 7.14. The largest absolute Gasteiger partial charge is 0.455 e. The van der Waals surface area contributed by atoms with Gasteiger partial charge in [-0.05, 0) is 61.1 Å². The Hall–Kier alpha value is -7.43. The number of rotatable bonds is 5. The summed E-state index contributed by atoms with van der Waals surface area (Å²) in [6.07, 6.45) is 0. The fourth-order valence-corrected chi connectivity index (χ4v) is 8.13. The molecule has 0 radical (unpaired) electrons. The van der Waals surface area contributed by atoms with E-state index >= 15 is 0 Å². The lowest BCUT2D eigenvalue weighted by atomic mass is 9.93. The number of hydrogen-bond donors (Lipinski definition) is 0. The molecule has 0 saturated heterocycles. The number of hydrogen-bond acceptors (Lipinski definition) is 4. The van der Waals surface area contributed by atoms with Gasteiger partial charge in [-0.1, -0.05) is 176 Å². The summed E-state index contributed by atoms with van der Waals surface area (Å²) in [5.41, 5.74) is 8.83. The molecule has 4 nitrogen and oxygen atoms in total. The maximum absolute atomic E-state index is 6.77. The van der Waals surface area contributed by atoms with Crippen molar-refractivity contribution in [3.63, 3.8) is 0 Å². The third-order valence-electron chi connectivity index (χ3n) is 10.7. The highest BCUT2D eigenvalue weighted by molar-refractivity contribution is 6.18. The first-order valence-corrected chi connectivity index (χ1v) is 18.5. The van der Waals surface area contributed by atoms with Gasteiger partial charge in [0.15, 0.2) is 17.5 Å². The van der Waals surface area contributed by atoms with Crippen molar-refractivity contribution in [2.45, 2.75) is 0 Å². The van der Waals surface area contributed by atoms with Crippen LogP contribution in [0.15, 0.2) is 192 Å². The molecule has 256 valence electrons. The second-order valence-electron chi connectivity index (χ2n) is 13.9. The van der Waals surface area contributed by atoms with E-state index in [4.69, 9.17) is 19.4 Å². The fraction of sp³-hybridized carbons (Fsp3) is 0. The predicted octanol–water partition coefficient (Wildman–Crippen LogP) is 13.6. The zero-order chi connectivity index (χ0) is 36.3. The predicted molar refractivity (Wildman–Crippen MR) is 227 cm³/mol. The molecule has 0 atom stereocenters. The molecule has 11 rings (SSSR count). The fourth-order valence-electron chi connectivity index (χ4n) is 8.13. The summed E-state index contributed by atoms with van der Waals surface area (Å²) in [7, 11) is 0. The van der Waals surface area contributed by atoms with E-state index in [1.54, 1.807) is 0 Å². The van der Waals surface area contributed by atoms with Crippen LogP contribution in [0.5, 0.6) is 0 Å². The minimum Gasteiger partial charge on any atom is -0.455 e. The van der Waals surface area contributed by atoms with E-state index in [9.17, 15) is 0 Å². The topological polar surface area (TPSA) is 51.8 Å². The highest BCUT2D eigenvalue weighted by atomic mass is 16.3. The normalized spacial score (nSPS) is 11.6. The van der Waals surface area contributed by atoms with Gasteiger partial charge in [0.05, 0.1) is 0 Å². The second kappa shape index (κ2) is 12.6. The first kappa shape index (κ1) is 31.1. The van der Waals surface area contributed by atoms with E-state index < -0.39 is 0 Å². The van der Waals surface area contributed by atoms with Crippen LogP contribution in [0.25, 0.3) is 111 Å². The lowest BCUT2D eigenvalue weighted by Gasteiger charge is -2.11. The number of benzene rings is 9. The van der Waals surface area contributed by atoms with Gasteiger partial charge < -0.3 is 4.42 Å². The average molecular weight is 702 g/mol. The van der Waals surface area contributed by atoms with Crippen LogP contribution in [0.3, 0.4) is 0 Å². The molecule has 0 fully saturated rings. The van der Waals surface area contributed by atoms with Crippen LogP contribution in [0.1, 0.15) is 0 Å². The zero-order valence-corrected chi connectivity index (χ0v) is 29.6. The van der Waals surface area contributed by atoms with Crippen LogP contribution in [0, 0.1) is 0 Å². The Balaban J connectivity index is 1.12. The highest BCUT2D eigenvalue weighted by Gasteiger charge is 2.21. The van der Waals surface area contributed by atoms with Crippen molar-refractivity contribution in [1.82, 2.24) is 15.0 Å². The number of nitrogens with zero attached hydrogens (tertiary/aromatic N) is 3.